The molecule has 0 bridgehead atoms. The highest BCUT2D eigenvalue weighted by molar-refractivity contribution is 7.89. The third-order valence-electron chi connectivity index (χ3n) is 5.03. The van der Waals surface area contributed by atoms with E-state index in [1.165, 1.54) is 52.3 Å². The Morgan fingerprint density at radius 2 is 1.56 bits per heavy atom. The first kappa shape index (κ1) is 27.4. The smallest absolute Gasteiger partial charge is 0.404 e. The average molecular weight is 499 g/mol. The molecular formula is C23H31FN2O7S. The first-order valence-electron chi connectivity index (χ1n) is 10.5. The van der Waals surface area contributed by atoms with Crippen LogP contribution in [0, 0.1) is 0 Å². The van der Waals surface area contributed by atoms with Gasteiger partial charge in [0.15, 0.2) is 0 Å². The molecule has 2 rings (SSSR count). The van der Waals surface area contributed by atoms with Gasteiger partial charge in [0, 0.05) is 13.1 Å². The molecule has 0 aliphatic carbocycles. The van der Waals surface area contributed by atoms with Gasteiger partial charge < -0.3 is 25.0 Å². The van der Waals surface area contributed by atoms with Gasteiger partial charge >= 0.3 is 6.09 Å². The summed E-state index contributed by atoms with van der Waals surface area (Å²) in [5, 5.41) is 22.4. The number of ether oxygens (including phenoxy) is 2. The standard InChI is InChI=1S/C23H31FN2O7S/c1-23(2,24)15-26(34(30,31)19-11-9-18(33-4)10-12-19)14-21(27)20(25-22(28)29)13-16-5-7-17(32-3)8-6-16/h5-12,20-21,25,27H,13-15H2,1-4H3,(H,28,29)/t20-,21-/m0/s1. The van der Waals surface area contributed by atoms with Crippen molar-refractivity contribution in [3.05, 3.63) is 54.1 Å². The van der Waals surface area contributed by atoms with Crippen LogP contribution in [0.25, 0.3) is 0 Å². The molecule has 11 heteroatoms. The normalized spacial score (nSPS) is 13.9. The zero-order valence-corrected chi connectivity index (χ0v) is 20.4. The lowest BCUT2D eigenvalue weighted by Gasteiger charge is -2.31. The van der Waals surface area contributed by atoms with E-state index in [2.05, 4.69) is 5.32 Å². The Labute approximate surface area is 199 Å². The number of nitrogens with one attached hydrogen (secondary N) is 1. The summed E-state index contributed by atoms with van der Waals surface area (Å²) < 4.78 is 52.1. The second-order valence-corrected chi connectivity index (χ2v) is 10.3. The van der Waals surface area contributed by atoms with Crippen molar-refractivity contribution in [1.29, 1.82) is 0 Å². The van der Waals surface area contributed by atoms with Gasteiger partial charge in [-0.15, -0.1) is 0 Å². The number of carboxylic acid groups (broad SMARTS) is 1. The molecule has 3 N–H and O–H groups in total. The first-order valence-corrected chi connectivity index (χ1v) is 11.9. The Kier molecular flexibility index (Phi) is 9.25. The lowest BCUT2D eigenvalue weighted by Crippen LogP contribution is -2.52. The number of carbonyl (C=O) groups is 1. The Balaban J connectivity index is 2.32. The van der Waals surface area contributed by atoms with Gasteiger partial charge in [0.05, 0.1) is 31.3 Å². The van der Waals surface area contributed by atoms with E-state index in [-0.39, 0.29) is 11.3 Å². The largest absolute Gasteiger partial charge is 0.497 e. The first-order chi connectivity index (χ1) is 15.9. The van der Waals surface area contributed by atoms with Gasteiger partial charge in [-0.2, -0.15) is 4.31 Å². The zero-order chi connectivity index (χ0) is 25.5. The number of benzene rings is 2. The Hall–Kier alpha value is -2.89. The van der Waals surface area contributed by atoms with Crippen molar-refractivity contribution < 1.29 is 37.3 Å². The van der Waals surface area contributed by atoms with Crippen LogP contribution in [0.4, 0.5) is 9.18 Å². The fraction of sp³-hybridized carbons (Fsp3) is 0.435. The van der Waals surface area contributed by atoms with Crippen LogP contribution in [-0.2, 0) is 16.4 Å². The third-order valence-corrected chi connectivity index (χ3v) is 6.85. The van der Waals surface area contributed by atoms with Crippen LogP contribution in [0.5, 0.6) is 11.5 Å². The van der Waals surface area contributed by atoms with Crippen molar-refractivity contribution >= 4 is 16.1 Å². The number of nitrogens with zero attached hydrogens (tertiary/aromatic N) is 1. The van der Waals surface area contributed by atoms with Crippen molar-refractivity contribution in [2.45, 2.75) is 43.0 Å². The lowest BCUT2D eigenvalue weighted by atomic mass is 10.0. The maximum absolute atomic E-state index is 14.6. The molecular weight excluding hydrogens is 467 g/mol. The van der Waals surface area contributed by atoms with Crippen molar-refractivity contribution in [2.75, 3.05) is 27.3 Å². The molecule has 9 nitrogen and oxygen atoms in total. The number of aliphatic hydroxyl groups excluding tert-OH is 1. The van der Waals surface area contributed by atoms with Crippen molar-refractivity contribution in [1.82, 2.24) is 9.62 Å². The van der Waals surface area contributed by atoms with Crippen LogP contribution in [-0.4, -0.2) is 74.2 Å². The van der Waals surface area contributed by atoms with E-state index in [0.717, 1.165) is 4.31 Å². The minimum atomic E-state index is -4.21. The maximum Gasteiger partial charge on any atom is 0.404 e. The summed E-state index contributed by atoms with van der Waals surface area (Å²) in [5.41, 5.74) is -1.22. The molecule has 2 atom stereocenters. The number of rotatable bonds is 12. The number of amides is 1. The molecule has 2 aromatic rings. The Morgan fingerprint density at radius 1 is 1.06 bits per heavy atom. The molecule has 0 aliphatic heterocycles. The minimum absolute atomic E-state index is 0.0763. The molecule has 188 valence electrons. The van der Waals surface area contributed by atoms with E-state index in [9.17, 15) is 27.8 Å². The molecule has 0 saturated heterocycles. The summed E-state index contributed by atoms with van der Waals surface area (Å²) in [6.07, 6.45) is -2.77. The van der Waals surface area contributed by atoms with Crippen LogP contribution in [0.15, 0.2) is 53.4 Å². The number of hydrogen-bond acceptors (Lipinski definition) is 6. The average Bonchev–Trinajstić information content (AvgIpc) is 2.77. The van der Waals surface area contributed by atoms with E-state index < -0.39 is 47.0 Å². The molecule has 0 spiro atoms. The summed E-state index contributed by atoms with van der Waals surface area (Å²) in [7, 11) is -1.26. The second kappa shape index (κ2) is 11.5. The number of hydrogen-bond donors (Lipinski definition) is 3. The summed E-state index contributed by atoms with van der Waals surface area (Å²) >= 11 is 0. The van der Waals surface area contributed by atoms with E-state index in [1.54, 1.807) is 24.3 Å². The van der Waals surface area contributed by atoms with Gasteiger partial charge in [-0.3, -0.25) is 0 Å². The molecule has 0 radical (unpaired) electrons. The molecule has 0 heterocycles. The summed E-state index contributed by atoms with van der Waals surface area (Å²) in [5.74, 6) is 1.05. The predicted molar refractivity (Wildman–Crippen MR) is 125 cm³/mol. The van der Waals surface area contributed by atoms with Gasteiger partial charge in [0.2, 0.25) is 10.0 Å². The Morgan fingerprint density at radius 3 is 2.00 bits per heavy atom. The number of halogens is 1. The van der Waals surface area contributed by atoms with E-state index >= 15 is 0 Å². The molecule has 1 amide bonds. The van der Waals surface area contributed by atoms with E-state index in [1.807, 2.05) is 0 Å². The molecule has 0 fully saturated rings. The van der Waals surface area contributed by atoms with Crippen molar-refractivity contribution in [3.8, 4) is 11.5 Å². The molecule has 2 aromatic carbocycles. The van der Waals surface area contributed by atoms with Crippen LogP contribution >= 0.6 is 0 Å². The van der Waals surface area contributed by atoms with Crippen LogP contribution in [0.1, 0.15) is 19.4 Å². The highest BCUT2D eigenvalue weighted by Crippen LogP contribution is 2.23. The summed E-state index contributed by atoms with van der Waals surface area (Å²) in [6, 6.07) is 11.3. The number of alkyl halides is 1. The third kappa shape index (κ3) is 7.86. The molecule has 0 unspecified atom stereocenters. The SMILES string of the molecule is COc1ccc(C[C@H](NC(=O)O)[C@@H](O)CN(CC(C)(C)F)S(=O)(=O)c2ccc(OC)cc2)cc1. The van der Waals surface area contributed by atoms with E-state index in [4.69, 9.17) is 9.47 Å². The summed E-state index contributed by atoms with van der Waals surface area (Å²) in [4.78, 5) is 11.2. The molecule has 0 saturated carbocycles. The Bertz CT molecular complexity index is 1040. The van der Waals surface area contributed by atoms with Gasteiger partial charge in [-0.05, 0) is 62.2 Å². The quantitative estimate of drug-likeness (QED) is 0.411. The van der Waals surface area contributed by atoms with Gasteiger partial charge in [0.1, 0.15) is 17.2 Å². The monoisotopic (exact) mass is 498 g/mol. The molecule has 0 aromatic heterocycles. The number of sulfonamides is 1. The lowest BCUT2D eigenvalue weighted by molar-refractivity contribution is 0.0841. The topological polar surface area (TPSA) is 125 Å². The van der Waals surface area contributed by atoms with Crippen LogP contribution < -0.4 is 14.8 Å². The number of methoxy groups -OCH3 is 2. The second-order valence-electron chi connectivity index (χ2n) is 8.37. The number of aliphatic hydroxyl groups is 1. The van der Waals surface area contributed by atoms with Gasteiger partial charge in [-0.1, -0.05) is 12.1 Å². The predicted octanol–water partition coefficient (Wildman–Crippen LogP) is 2.68. The van der Waals surface area contributed by atoms with Crippen molar-refractivity contribution in [2.24, 2.45) is 0 Å². The van der Waals surface area contributed by atoms with Crippen LogP contribution in [0.2, 0.25) is 0 Å². The van der Waals surface area contributed by atoms with Crippen LogP contribution in [0.3, 0.4) is 0 Å². The highest BCUT2D eigenvalue weighted by atomic mass is 32.2. The van der Waals surface area contributed by atoms with Crippen molar-refractivity contribution in [3.63, 3.8) is 0 Å². The minimum Gasteiger partial charge on any atom is -0.497 e. The molecule has 0 aliphatic rings. The maximum atomic E-state index is 14.6. The fourth-order valence-electron chi connectivity index (χ4n) is 3.36. The zero-order valence-electron chi connectivity index (χ0n) is 19.6. The highest BCUT2D eigenvalue weighted by Gasteiger charge is 2.34. The van der Waals surface area contributed by atoms with Gasteiger partial charge in [-0.25, -0.2) is 17.6 Å². The van der Waals surface area contributed by atoms with E-state index in [0.29, 0.717) is 17.1 Å². The fourth-order valence-corrected chi connectivity index (χ4v) is 4.96. The van der Waals surface area contributed by atoms with Gasteiger partial charge in [0.25, 0.3) is 0 Å². The molecule has 34 heavy (non-hydrogen) atoms. The summed E-state index contributed by atoms with van der Waals surface area (Å²) in [6.45, 7) is 1.38.